The second-order valence-corrected chi connectivity index (χ2v) is 7.76. The number of nitrogens with zero attached hydrogens (tertiary/aromatic N) is 2. The number of halogens is 2. The van der Waals surface area contributed by atoms with Crippen molar-refractivity contribution < 1.29 is 14.6 Å². The molecule has 0 aliphatic rings. The molecule has 1 N–H and O–H groups in total. The third kappa shape index (κ3) is 4.73. The molecule has 3 aromatic rings. The predicted molar refractivity (Wildman–Crippen MR) is 116 cm³/mol. The molecule has 0 radical (unpaired) electrons. The lowest BCUT2D eigenvalue weighted by Gasteiger charge is -2.18. The zero-order valence-electron chi connectivity index (χ0n) is 16.3. The van der Waals surface area contributed by atoms with E-state index in [4.69, 9.17) is 27.9 Å². The first kappa shape index (κ1) is 21.6. The lowest BCUT2D eigenvalue weighted by Crippen LogP contribution is -2.31. The summed E-state index contributed by atoms with van der Waals surface area (Å²) in [6.45, 7) is 3.38. The second kappa shape index (κ2) is 9.17. The van der Waals surface area contributed by atoms with Crippen LogP contribution in [-0.2, 0) is 16.8 Å². The Hall–Kier alpha value is -3.07. The van der Waals surface area contributed by atoms with Gasteiger partial charge in [-0.15, -0.1) is 0 Å². The monoisotopic (exact) mass is 440 g/mol. The summed E-state index contributed by atoms with van der Waals surface area (Å²) in [5, 5.41) is 10.3. The van der Waals surface area contributed by atoms with Crippen molar-refractivity contribution in [1.29, 1.82) is 0 Å². The highest BCUT2D eigenvalue weighted by molar-refractivity contribution is 6.35. The molecule has 152 valence electrons. The number of carboxylic acids is 1. The van der Waals surface area contributed by atoms with E-state index < -0.39 is 11.4 Å². The molecule has 0 bridgehead atoms. The molecule has 30 heavy (non-hydrogen) atoms. The van der Waals surface area contributed by atoms with Crippen molar-refractivity contribution in [3.63, 3.8) is 0 Å². The normalized spacial score (nSPS) is 10.8. The predicted octanol–water partition coefficient (Wildman–Crippen LogP) is 5.12. The van der Waals surface area contributed by atoms with E-state index in [0.29, 0.717) is 21.4 Å². The number of benzene rings is 2. The van der Waals surface area contributed by atoms with Crippen LogP contribution in [0.25, 0.3) is 0 Å². The molecule has 3 rings (SSSR count). The zero-order chi connectivity index (χ0) is 21.7. The van der Waals surface area contributed by atoms with Crippen LogP contribution in [0, 0.1) is 11.8 Å². The average Bonchev–Trinajstić information content (AvgIpc) is 2.74. The number of carboxylic acid groups (broad SMARTS) is 1. The van der Waals surface area contributed by atoms with E-state index in [1.54, 1.807) is 26.0 Å². The van der Waals surface area contributed by atoms with Crippen LogP contribution < -0.4 is 4.74 Å². The number of carbonyl (C=O) groups is 1. The minimum Gasteiger partial charge on any atom is -0.486 e. The summed E-state index contributed by atoms with van der Waals surface area (Å²) < 4.78 is 5.91. The van der Waals surface area contributed by atoms with Crippen LogP contribution in [0.3, 0.4) is 0 Å². The lowest BCUT2D eigenvalue weighted by atomic mass is 9.88. The Bertz CT molecular complexity index is 1140. The Morgan fingerprint density at radius 3 is 2.40 bits per heavy atom. The molecular formula is C23H18Cl2N2O3. The highest BCUT2D eigenvalue weighted by atomic mass is 35.5. The first-order chi connectivity index (χ1) is 14.3. The molecule has 0 aliphatic carbocycles. The Balaban J connectivity index is 2.01. The van der Waals surface area contributed by atoms with Gasteiger partial charge in [-0.05, 0) is 37.5 Å². The molecular weight excluding hydrogens is 423 g/mol. The molecule has 0 atom stereocenters. The minimum atomic E-state index is -1.26. The molecule has 0 unspecified atom stereocenters. The van der Waals surface area contributed by atoms with E-state index in [-0.39, 0.29) is 18.0 Å². The van der Waals surface area contributed by atoms with Gasteiger partial charge in [0.1, 0.15) is 17.7 Å². The number of rotatable bonds is 5. The van der Waals surface area contributed by atoms with Crippen molar-refractivity contribution in [2.24, 2.45) is 0 Å². The smallest absolute Gasteiger partial charge is 0.315 e. The Kier molecular flexibility index (Phi) is 6.61. The fourth-order valence-electron chi connectivity index (χ4n) is 2.63. The maximum Gasteiger partial charge on any atom is 0.315 e. The molecule has 5 nitrogen and oxygen atoms in total. The fraction of sp³-hybridized carbons (Fsp3) is 0.174. The van der Waals surface area contributed by atoms with Gasteiger partial charge >= 0.3 is 5.97 Å². The summed E-state index contributed by atoms with van der Waals surface area (Å²) in [7, 11) is 0. The molecule has 0 saturated carbocycles. The molecule has 7 heteroatoms. The number of ether oxygens (including phenoxy) is 1. The highest BCUT2D eigenvalue weighted by Crippen LogP contribution is 2.34. The van der Waals surface area contributed by atoms with Crippen molar-refractivity contribution >= 4 is 29.2 Å². The van der Waals surface area contributed by atoms with Crippen LogP contribution in [-0.4, -0.2) is 21.0 Å². The standard InChI is InChI=1S/C23H18Cl2N2O3/c1-23(2,22(28)29)21-19(26-12-13-27-21)11-8-16-17(24)9-10-18(25)20(16)30-14-15-6-4-3-5-7-15/h3-7,9-10,12-13H,14H2,1-2H3,(H,28,29). The average molecular weight is 441 g/mol. The van der Waals surface area contributed by atoms with E-state index in [0.717, 1.165) is 5.56 Å². The third-order valence-electron chi connectivity index (χ3n) is 4.42. The van der Waals surface area contributed by atoms with Gasteiger partial charge in [0.15, 0.2) is 5.75 Å². The van der Waals surface area contributed by atoms with Gasteiger partial charge in [-0.1, -0.05) is 59.5 Å². The van der Waals surface area contributed by atoms with Crippen LogP contribution in [0.15, 0.2) is 54.9 Å². The van der Waals surface area contributed by atoms with Crippen LogP contribution in [0.5, 0.6) is 5.75 Å². The molecule has 1 aromatic heterocycles. The summed E-state index contributed by atoms with van der Waals surface area (Å²) in [5.74, 6) is 5.15. The third-order valence-corrected chi connectivity index (χ3v) is 5.03. The van der Waals surface area contributed by atoms with Crippen LogP contribution in [0.2, 0.25) is 10.0 Å². The van der Waals surface area contributed by atoms with Gasteiger partial charge in [-0.2, -0.15) is 0 Å². The largest absolute Gasteiger partial charge is 0.486 e. The van der Waals surface area contributed by atoms with E-state index in [2.05, 4.69) is 21.8 Å². The molecule has 2 aromatic carbocycles. The van der Waals surface area contributed by atoms with Gasteiger partial charge in [0.2, 0.25) is 0 Å². The summed E-state index contributed by atoms with van der Waals surface area (Å²) >= 11 is 12.7. The number of aromatic nitrogens is 2. The first-order valence-electron chi connectivity index (χ1n) is 9.02. The Morgan fingerprint density at radius 2 is 1.70 bits per heavy atom. The van der Waals surface area contributed by atoms with Gasteiger partial charge in [-0.3, -0.25) is 9.78 Å². The van der Waals surface area contributed by atoms with Crippen molar-refractivity contribution in [3.8, 4) is 17.6 Å². The fourth-order valence-corrected chi connectivity index (χ4v) is 3.04. The topological polar surface area (TPSA) is 72.3 Å². The van der Waals surface area contributed by atoms with E-state index in [9.17, 15) is 9.90 Å². The van der Waals surface area contributed by atoms with E-state index >= 15 is 0 Å². The van der Waals surface area contributed by atoms with Gasteiger partial charge in [0.05, 0.1) is 21.3 Å². The molecule has 0 spiro atoms. The SMILES string of the molecule is CC(C)(C(=O)O)c1nccnc1C#Cc1c(Cl)ccc(Cl)c1OCc1ccccc1. The Morgan fingerprint density at radius 1 is 1.03 bits per heavy atom. The molecule has 0 amide bonds. The lowest BCUT2D eigenvalue weighted by molar-refractivity contribution is -0.142. The van der Waals surface area contributed by atoms with Crippen LogP contribution >= 0.6 is 23.2 Å². The van der Waals surface area contributed by atoms with Crippen LogP contribution in [0.4, 0.5) is 0 Å². The van der Waals surface area contributed by atoms with E-state index in [1.165, 1.54) is 12.4 Å². The molecule has 0 saturated heterocycles. The number of aliphatic carboxylic acids is 1. The number of hydrogen-bond donors (Lipinski definition) is 1. The summed E-state index contributed by atoms with van der Waals surface area (Å²) in [4.78, 5) is 20.0. The summed E-state index contributed by atoms with van der Waals surface area (Å²) in [6, 6.07) is 12.9. The van der Waals surface area contributed by atoms with Gasteiger partial charge < -0.3 is 9.84 Å². The summed E-state index contributed by atoms with van der Waals surface area (Å²) in [5.41, 5.74) is 0.602. The maximum atomic E-state index is 11.6. The molecule has 1 heterocycles. The number of hydrogen-bond acceptors (Lipinski definition) is 4. The van der Waals surface area contributed by atoms with Gasteiger partial charge in [0.25, 0.3) is 0 Å². The first-order valence-corrected chi connectivity index (χ1v) is 9.78. The quantitative estimate of drug-likeness (QED) is 0.557. The van der Waals surface area contributed by atoms with Gasteiger partial charge in [0, 0.05) is 12.4 Å². The van der Waals surface area contributed by atoms with Crippen molar-refractivity contribution in [2.75, 3.05) is 0 Å². The zero-order valence-corrected chi connectivity index (χ0v) is 17.8. The molecule has 0 aliphatic heterocycles. The van der Waals surface area contributed by atoms with Crippen molar-refractivity contribution in [1.82, 2.24) is 9.97 Å². The maximum absolute atomic E-state index is 11.6. The highest BCUT2D eigenvalue weighted by Gasteiger charge is 2.33. The minimum absolute atomic E-state index is 0.245. The Labute approximate surface area is 184 Å². The summed E-state index contributed by atoms with van der Waals surface area (Å²) in [6.07, 6.45) is 2.89. The van der Waals surface area contributed by atoms with Gasteiger partial charge in [-0.25, -0.2) is 4.98 Å². The second-order valence-electron chi connectivity index (χ2n) is 6.94. The van der Waals surface area contributed by atoms with Crippen LogP contribution in [0.1, 0.15) is 36.4 Å². The van der Waals surface area contributed by atoms with E-state index in [1.807, 2.05) is 30.3 Å². The molecule has 0 fully saturated rings. The van der Waals surface area contributed by atoms with Crippen molar-refractivity contribution in [3.05, 3.63) is 87.4 Å². The van der Waals surface area contributed by atoms with Crippen molar-refractivity contribution in [2.45, 2.75) is 25.9 Å².